The molecule has 0 heterocycles. The summed E-state index contributed by atoms with van der Waals surface area (Å²) in [6, 6.07) is 8.71. The van der Waals surface area contributed by atoms with E-state index in [1.54, 1.807) is 11.8 Å². The molecule has 0 aliphatic carbocycles. The lowest BCUT2D eigenvalue weighted by atomic mass is 10.1. The molecule has 0 radical (unpaired) electrons. The van der Waals surface area contributed by atoms with Crippen LogP contribution >= 0.6 is 11.8 Å². The van der Waals surface area contributed by atoms with Gasteiger partial charge in [0.2, 0.25) is 0 Å². The van der Waals surface area contributed by atoms with Crippen molar-refractivity contribution in [2.75, 3.05) is 12.8 Å². The van der Waals surface area contributed by atoms with Gasteiger partial charge in [-0.15, -0.1) is 11.8 Å². The summed E-state index contributed by atoms with van der Waals surface area (Å²) in [4.78, 5) is 1.26. The number of rotatable bonds is 4. The molecule has 16 heavy (non-hydrogen) atoms. The van der Waals surface area contributed by atoms with Crippen LogP contribution in [-0.4, -0.2) is 18.3 Å². The quantitative estimate of drug-likeness (QED) is 0.814. The average molecular weight is 234 g/mol. The highest BCUT2D eigenvalue weighted by Gasteiger charge is 2.21. The van der Waals surface area contributed by atoms with Gasteiger partial charge in [0.25, 0.3) is 0 Å². The number of hydrogen-bond acceptors (Lipinski definition) is 3. The van der Waals surface area contributed by atoms with Crippen LogP contribution < -0.4 is 5.32 Å². The molecule has 1 N–H and O–H groups in total. The topological polar surface area (TPSA) is 35.8 Å². The molecule has 1 unspecified atom stereocenters. The van der Waals surface area contributed by atoms with E-state index < -0.39 is 5.54 Å². The van der Waals surface area contributed by atoms with Crippen molar-refractivity contribution < 1.29 is 0 Å². The first kappa shape index (κ1) is 13.1. The smallest absolute Gasteiger partial charge is 0.113 e. The van der Waals surface area contributed by atoms with E-state index in [4.69, 9.17) is 5.26 Å². The molecular weight excluding hydrogens is 216 g/mol. The molecule has 1 rings (SSSR count). The van der Waals surface area contributed by atoms with Gasteiger partial charge >= 0.3 is 0 Å². The Morgan fingerprint density at radius 1 is 1.44 bits per heavy atom. The van der Waals surface area contributed by atoms with Crippen LogP contribution in [0.25, 0.3) is 0 Å². The van der Waals surface area contributed by atoms with Crippen molar-refractivity contribution in [1.29, 1.82) is 5.26 Å². The Hall–Kier alpha value is -0.980. The Morgan fingerprint density at radius 3 is 2.69 bits per heavy atom. The highest BCUT2D eigenvalue weighted by molar-refractivity contribution is 7.99. The van der Waals surface area contributed by atoms with Crippen LogP contribution in [0.4, 0.5) is 0 Å². The summed E-state index contributed by atoms with van der Waals surface area (Å²) in [6.07, 6.45) is 0. The van der Waals surface area contributed by atoms with Crippen molar-refractivity contribution in [2.45, 2.75) is 31.2 Å². The minimum Gasteiger partial charge on any atom is -0.302 e. The lowest BCUT2D eigenvalue weighted by Crippen LogP contribution is -2.40. The molecule has 0 spiro atoms. The van der Waals surface area contributed by atoms with Gasteiger partial charge in [0.05, 0.1) is 6.07 Å². The molecule has 0 saturated carbocycles. The van der Waals surface area contributed by atoms with Crippen molar-refractivity contribution in [3.63, 3.8) is 0 Å². The van der Waals surface area contributed by atoms with Gasteiger partial charge in [-0.05, 0) is 39.4 Å². The standard InChI is InChI=1S/C13H18N2S/c1-10-5-6-11(2)12(7-10)16-9-13(3,8-14)15-4/h5-7,15H,9H2,1-4H3. The summed E-state index contributed by atoms with van der Waals surface area (Å²) >= 11 is 1.73. The van der Waals surface area contributed by atoms with E-state index in [9.17, 15) is 0 Å². The maximum atomic E-state index is 9.06. The highest BCUT2D eigenvalue weighted by atomic mass is 32.2. The van der Waals surface area contributed by atoms with Gasteiger partial charge in [0, 0.05) is 10.6 Å². The molecule has 1 aromatic rings. The minimum atomic E-state index is -0.457. The second kappa shape index (κ2) is 5.38. The second-order valence-electron chi connectivity index (χ2n) is 4.25. The van der Waals surface area contributed by atoms with Crippen molar-refractivity contribution >= 4 is 11.8 Å². The highest BCUT2D eigenvalue weighted by Crippen LogP contribution is 2.26. The summed E-state index contributed by atoms with van der Waals surface area (Å²) in [7, 11) is 1.83. The van der Waals surface area contributed by atoms with Crippen LogP contribution in [0.3, 0.4) is 0 Å². The molecule has 0 fully saturated rings. The average Bonchev–Trinajstić information content (AvgIpc) is 2.30. The fourth-order valence-electron chi connectivity index (χ4n) is 1.25. The first-order chi connectivity index (χ1) is 7.50. The van der Waals surface area contributed by atoms with Gasteiger partial charge in [0.1, 0.15) is 5.54 Å². The third-order valence-corrected chi connectivity index (χ3v) is 4.13. The summed E-state index contributed by atoms with van der Waals surface area (Å²) in [6.45, 7) is 6.11. The molecule has 1 atom stereocenters. The number of nitriles is 1. The van der Waals surface area contributed by atoms with E-state index in [-0.39, 0.29) is 0 Å². The molecule has 0 aliphatic rings. The minimum absolute atomic E-state index is 0.457. The second-order valence-corrected chi connectivity index (χ2v) is 5.27. The van der Waals surface area contributed by atoms with Gasteiger partial charge in [0.15, 0.2) is 0 Å². The Labute approximate surface area is 102 Å². The number of nitrogens with zero attached hydrogens (tertiary/aromatic N) is 1. The maximum absolute atomic E-state index is 9.06. The monoisotopic (exact) mass is 234 g/mol. The predicted octanol–water partition coefficient (Wildman–Crippen LogP) is 2.90. The lowest BCUT2D eigenvalue weighted by Gasteiger charge is -2.20. The van der Waals surface area contributed by atoms with Crippen LogP contribution in [-0.2, 0) is 0 Å². The SMILES string of the molecule is CNC(C)(C#N)CSc1cc(C)ccc1C. The van der Waals surface area contributed by atoms with E-state index in [0.29, 0.717) is 0 Å². The molecule has 86 valence electrons. The van der Waals surface area contributed by atoms with E-state index in [0.717, 1.165) is 5.75 Å². The summed E-state index contributed by atoms with van der Waals surface area (Å²) in [5.74, 6) is 0.754. The van der Waals surface area contributed by atoms with Crippen LogP contribution in [0.15, 0.2) is 23.1 Å². The van der Waals surface area contributed by atoms with E-state index in [2.05, 4.69) is 43.4 Å². The third-order valence-electron chi connectivity index (χ3n) is 2.66. The van der Waals surface area contributed by atoms with Gasteiger partial charge in [-0.25, -0.2) is 0 Å². The normalized spacial score (nSPS) is 14.2. The molecule has 0 aromatic heterocycles. The number of benzene rings is 1. The van der Waals surface area contributed by atoms with E-state index >= 15 is 0 Å². The summed E-state index contributed by atoms with van der Waals surface area (Å²) in [5.41, 5.74) is 2.07. The van der Waals surface area contributed by atoms with Gasteiger partial charge in [-0.2, -0.15) is 5.26 Å². The Bertz CT molecular complexity index is 409. The van der Waals surface area contributed by atoms with Gasteiger partial charge in [-0.3, -0.25) is 0 Å². The Kier molecular flexibility index (Phi) is 4.40. The summed E-state index contributed by atoms with van der Waals surface area (Å²) < 4.78 is 0. The first-order valence-corrected chi connectivity index (χ1v) is 6.29. The number of aryl methyl sites for hydroxylation is 2. The van der Waals surface area contributed by atoms with Crippen molar-refractivity contribution in [1.82, 2.24) is 5.32 Å². The predicted molar refractivity (Wildman–Crippen MR) is 69.7 cm³/mol. The zero-order valence-electron chi connectivity index (χ0n) is 10.3. The van der Waals surface area contributed by atoms with Crippen LogP contribution in [0, 0.1) is 25.2 Å². The zero-order valence-corrected chi connectivity index (χ0v) is 11.1. The fraction of sp³-hybridized carbons (Fsp3) is 0.462. The molecule has 2 nitrogen and oxygen atoms in total. The number of thioether (sulfide) groups is 1. The van der Waals surface area contributed by atoms with Crippen molar-refractivity contribution in [2.24, 2.45) is 0 Å². The van der Waals surface area contributed by atoms with Crippen molar-refractivity contribution in [3.8, 4) is 6.07 Å². The lowest BCUT2D eigenvalue weighted by molar-refractivity contribution is 0.550. The van der Waals surface area contributed by atoms with Gasteiger partial charge in [-0.1, -0.05) is 17.7 Å². The van der Waals surface area contributed by atoms with Crippen LogP contribution in [0.2, 0.25) is 0 Å². The van der Waals surface area contributed by atoms with Crippen molar-refractivity contribution in [3.05, 3.63) is 29.3 Å². The molecular formula is C13H18N2S. The Morgan fingerprint density at radius 2 is 2.12 bits per heavy atom. The first-order valence-electron chi connectivity index (χ1n) is 5.31. The summed E-state index contributed by atoms with van der Waals surface area (Å²) in [5, 5.41) is 12.1. The van der Waals surface area contributed by atoms with Crippen LogP contribution in [0.5, 0.6) is 0 Å². The Balaban J connectivity index is 2.75. The molecule has 1 aromatic carbocycles. The zero-order chi connectivity index (χ0) is 12.2. The fourth-order valence-corrected chi connectivity index (χ4v) is 2.46. The molecule has 3 heteroatoms. The third kappa shape index (κ3) is 3.26. The van der Waals surface area contributed by atoms with Crippen LogP contribution in [0.1, 0.15) is 18.1 Å². The van der Waals surface area contributed by atoms with Gasteiger partial charge < -0.3 is 5.32 Å². The largest absolute Gasteiger partial charge is 0.302 e. The molecule has 0 bridgehead atoms. The number of nitrogens with one attached hydrogen (secondary N) is 1. The number of hydrogen-bond donors (Lipinski definition) is 1. The van der Waals surface area contributed by atoms with E-state index in [1.165, 1.54) is 16.0 Å². The van der Waals surface area contributed by atoms with E-state index in [1.807, 2.05) is 14.0 Å². The molecule has 0 aliphatic heterocycles. The maximum Gasteiger partial charge on any atom is 0.113 e. The molecule has 0 saturated heterocycles. The molecule has 0 amide bonds.